The van der Waals surface area contributed by atoms with Gasteiger partial charge in [-0.2, -0.15) is 0 Å². The summed E-state index contributed by atoms with van der Waals surface area (Å²) in [5, 5.41) is 9.86. The van der Waals surface area contributed by atoms with Gasteiger partial charge in [0.2, 0.25) is 10.0 Å². The number of aliphatic hydroxyl groups excluding tert-OH is 1. The van der Waals surface area contributed by atoms with Crippen molar-refractivity contribution in [3.63, 3.8) is 0 Å². The van der Waals surface area contributed by atoms with Crippen LogP contribution in [0.1, 0.15) is 25.6 Å². The molecule has 1 aromatic carbocycles. The molecule has 1 saturated heterocycles. The minimum Gasteiger partial charge on any atom is -0.392 e. The molecule has 3 rings (SSSR count). The number of aryl methyl sites for hydroxylation is 1. The van der Waals surface area contributed by atoms with Crippen LogP contribution in [0.15, 0.2) is 23.1 Å². The molecule has 1 unspecified atom stereocenters. The van der Waals surface area contributed by atoms with Gasteiger partial charge in [0.05, 0.1) is 28.6 Å². The number of benzene rings is 1. The van der Waals surface area contributed by atoms with E-state index in [4.69, 9.17) is 4.98 Å². The molecule has 1 fully saturated rings. The van der Waals surface area contributed by atoms with Gasteiger partial charge in [0.15, 0.2) is 0 Å². The van der Waals surface area contributed by atoms with Gasteiger partial charge in [0.1, 0.15) is 5.82 Å². The highest BCUT2D eigenvalue weighted by Crippen LogP contribution is 2.23. The standard InChI is InChI=1S/C17H26N4O3S/c1-4-21-16-8-7-14(25(23,24)19(2)3)10-15(16)18-17(21)12-20-9-5-6-13(22)11-20/h7-8,10,13,22H,4-6,9,11-12H2,1-3H3. The van der Waals surface area contributed by atoms with E-state index in [1.807, 2.05) is 6.07 Å². The van der Waals surface area contributed by atoms with Crippen LogP contribution in [-0.2, 0) is 23.1 Å². The molecule has 1 N–H and O–H groups in total. The maximum Gasteiger partial charge on any atom is 0.242 e. The van der Waals surface area contributed by atoms with E-state index in [1.165, 1.54) is 18.4 Å². The van der Waals surface area contributed by atoms with Crippen molar-refractivity contribution >= 4 is 21.1 Å². The van der Waals surface area contributed by atoms with Crippen LogP contribution >= 0.6 is 0 Å². The zero-order valence-corrected chi connectivity index (χ0v) is 15.8. The molecule has 1 aliphatic heterocycles. The number of fused-ring (bicyclic) bond motifs is 1. The third-order valence-electron chi connectivity index (χ3n) is 4.74. The van der Waals surface area contributed by atoms with Crippen LogP contribution in [0, 0.1) is 0 Å². The topological polar surface area (TPSA) is 78.7 Å². The second kappa shape index (κ2) is 7.03. The van der Waals surface area contributed by atoms with E-state index < -0.39 is 10.0 Å². The Balaban J connectivity index is 1.97. The first-order valence-electron chi connectivity index (χ1n) is 8.65. The lowest BCUT2D eigenvalue weighted by Gasteiger charge is -2.29. The molecule has 8 heteroatoms. The largest absolute Gasteiger partial charge is 0.392 e. The van der Waals surface area contributed by atoms with E-state index >= 15 is 0 Å². The summed E-state index contributed by atoms with van der Waals surface area (Å²) in [6, 6.07) is 5.11. The molecule has 1 atom stereocenters. The van der Waals surface area contributed by atoms with Crippen molar-refractivity contribution in [2.24, 2.45) is 0 Å². The third-order valence-corrected chi connectivity index (χ3v) is 6.55. The van der Waals surface area contributed by atoms with Gasteiger partial charge in [-0.3, -0.25) is 4.90 Å². The zero-order valence-electron chi connectivity index (χ0n) is 15.0. The Hall–Kier alpha value is -1.48. The third kappa shape index (κ3) is 3.57. The molecule has 0 bridgehead atoms. The van der Waals surface area contributed by atoms with Crippen molar-refractivity contribution in [2.45, 2.75) is 43.9 Å². The van der Waals surface area contributed by atoms with Crippen molar-refractivity contribution in [1.29, 1.82) is 0 Å². The predicted octanol–water partition coefficient (Wildman–Crippen LogP) is 1.26. The molecular weight excluding hydrogens is 340 g/mol. The van der Waals surface area contributed by atoms with E-state index in [0.29, 0.717) is 18.6 Å². The quantitative estimate of drug-likeness (QED) is 0.862. The lowest BCUT2D eigenvalue weighted by atomic mass is 10.1. The number of imidazole rings is 1. The van der Waals surface area contributed by atoms with Gasteiger partial charge in [0.25, 0.3) is 0 Å². The Morgan fingerprint density at radius 2 is 2.12 bits per heavy atom. The maximum absolute atomic E-state index is 12.3. The van der Waals surface area contributed by atoms with Crippen LogP contribution in [0.5, 0.6) is 0 Å². The van der Waals surface area contributed by atoms with Crippen molar-refractivity contribution in [1.82, 2.24) is 18.8 Å². The lowest BCUT2D eigenvalue weighted by Crippen LogP contribution is -2.38. The highest BCUT2D eigenvalue weighted by Gasteiger charge is 2.22. The molecule has 0 amide bonds. The molecule has 0 saturated carbocycles. The van der Waals surface area contributed by atoms with E-state index in [0.717, 1.165) is 37.3 Å². The summed E-state index contributed by atoms with van der Waals surface area (Å²) in [7, 11) is -0.422. The molecule has 2 aromatic rings. The van der Waals surface area contributed by atoms with Crippen LogP contribution in [-0.4, -0.2) is 65.6 Å². The van der Waals surface area contributed by atoms with Gasteiger partial charge >= 0.3 is 0 Å². The minimum atomic E-state index is -3.47. The van der Waals surface area contributed by atoms with Crippen molar-refractivity contribution in [3.8, 4) is 0 Å². The Morgan fingerprint density at radius 3 is 2.76 bits per heavy atom. The first kappa shape index (κ1) is 18.3. The van der Waals surface area contributed by atoms with Gasteiger partial charge in [0, 0.05) is 27.2 Å². The van der Waals surface area contributed by atoms with Crippen molar-refractivity contribution in [2.75, 3.05) is 27.2 Å². The molecule has 138 valence electrons. The number of nitrogens with zero attached hydrogens (tertiary/aromatic N) is 4. The van der Waals surface area contributed by atoms with Crippen molar-refractivity contribution in [3.05, 3.63) is 24.0 Å². The molecule has 0 aliphatic carbocycles. The Labute approximate surface area is 148 Å². The number of aromatic nitrogens is 2. The van der Waals surface area contributed by atoms with E-state index in [2.05, 4.69) is 16.4 Å². The smallest absolute Gasteiger partial charge is 0.242 e. The van der Waals surface area contributed by atoms with Gasteiger partial charge in [-0.25, -0.2) is 17.7 Å². The Kier molecular flexibility index (Phi) is 5.15. The summed E-state index contributed by atoms with van der Waals surface area (Å²) in [4.78, 5) is 7.16. The fourth-order valence-corrected chi connectivity index (χ4v) is 4.30. The van der Waals surface area contributed by atoms with Crippen LogP contribution in [0.3, 0.4) is 0 Å². The predicted molar refractivity (Wildman–Crippen MR) is 96.8 cm³/mol. The fourth-order valence-electron chi connectivity index (χ4n) is 3.38. The number of hydrogen-bond donors (Lipinski definition) is 1. The molecule has 1 aliphatic rings. The number of aliphatic hydroxyl groups is 1. The second-order valence-corrected chi connectivity index (χ2v) is 8.89. The molecule has 0 spiro atoms. The molecular formula is C17H26N4O3S. The number of rotatable bonds is 5. The van der Waals surface area contributed by atoms with Gasteiger partial charge < -0.3 is 9.67 Å². The van der Waals surface area contributed by atoms with Crippen molar-refractivity contribution < 1.29 is 13.5 Å². The second-order valence-electron chi connectivity index (χ2n) is 6.74. The summed E-state index contributed by atoms with van der Waals surface area (Å²) >= 11 is 0. The first-order chi connectivity index (χ1) is 11.8. The average molecular weight is 366 g/mol. The SMILES string of the molecule is CCn1c(CN2CCCC(O)C2)nc2cc(S(=O)(=O)N(C)C)ccc21. The monoisotopic (exact) mass is 366 g/mol. The Morgan fingerprint density at radius 1 is 1.36 bits per heavy atom. The normalized spacial score (nSPS) is 19.8. The summed E-state index contributed by atoms with van der Waals surface area (Å²) in [6.07, 6.45) is 1.57. The van der Waals surface area contributed by atoms with E-state index in [1.54, 1.807) is 12.1 Å². The molecule has 7 nitrogen and oxygen atoms in total. The lowest BCUT2D eigenvalue weighted by molar-refractivity contribution is 0.0650. The molecule has 0 radical (unpaired) electrons. The van der Waals surface area contributed by atoms with Crippen LogP contribution in [0.4, 0.5) is 0 Å². The number of piperidine rings is 1. The molecule has 1 aromatic heterocycles. The first-order valence-corrected chi connectivity index (χ1v) is 10.1. The van der Waals surface area contributed by atoms with E-state index in [9.17, 15) is 13.5 Å². The zero-order chi connectivity index (χ0) is 18.2. The number of hydrogen-bond acceptors (Lipinski definition) is 5. The summed E-state index contributed by atoms with van der Waals surface area (Å²) < 4.78 is 28.0. The summed E-state index contributed by atoms with van der Waals surface area (Å²) in [6.45, 7) is 5.09. The van der Waals surface area contributed by atoms with Crippen LogP contribution < -0.4 is 0 Å². The highest BCUT2D eigenvalue weighted by molar-refractivity contribution is 7.89. The summed E-state index contributed by atoms with van der Waals surface area (Å²) in [5.74, 6) is 0.908. The van der Waals surface area contributed by atoms with Gasteiger partial charge in [-0.1, -0.05) is 0 Å². The summed E-state index contributed by atoms with van der Waals surface area (Å²) in [5.41, 5.74) is 1.63. The molecule has 25 heavy (non-hydrogen) atoms. The fraction of sp³-hybridized carbons (Fsp3) is 0.588. The van der Waals surface area contributed by atoms with Crippen LogP contribution in [0.25, 0.3) is 11.0 Å². The van der Waals surface area contributed by atoms with Gasteiger partial charge in [-0.15, -0.1) is 0 Å². The number of sulfonamides is 1. The highest BCUT2D eigenvalue weighted by atomic mass is 32.2. The number of likely N-dealkylation sites (tertiary alicyclic amines) is 1. The maximum atomic E-state index is 12.3. The average Bonchev–Trinajstić information content (AvgIpc) is 2.90. The minimum absolute atomic E-state index is 0.255. The number of β-amino-alcohol motifs (C(OH)–C–C–N with tert-alkyl or cyclic N) is 1. The van der Waals surface area contributed by atoms with Crippen LogP contribution in [0.2, 0.25) is 0 Å². The van der Waals surface area contributed by atoms with E-state index in [-0.39, 0.29) is 11.0 Å². The van der Waals surface area contributed by atoms with Gasteiger partial charge in [-0.05, 0) is 44.5 Å². The Bertz CT molecular complexity index is 860. The molecule has 2 heterocycles.